The number of nitrogens with one attached hydrogen (secondary N) is 1. The van der Waals surface area contributed by atoms with Crippen molar-refractivity contribution in [3.8, 4) is 6.07 Å². The van der Waals surface area contributed by atoms with Crippen LogP contribution in [0, 0.1) is 11.3 Å². The summed E-state index contributed by atoms with van der Waals surface area (Å²) in [6, 6.07) is 12.8. The van der Waals surface area contributed by atoms with Gasteiger partial charge in [0.1, 0.15) is 11.6 Å². The molecule has 7 nitrogen and oxygen atoms in total. The predicted octanol–water partition coefficient (Wildman–Crippen LogP) is 2.90. The summed E-state index contributed by atoms with van der Waals surface area (Å²) in [4.78, 5) is 25.5. The highest BCUT2D eigenvalue weighted by molar-refractivity contribution is 6.34. The number of nitrogens with two attached hydrogens (primary N) is 2. The number of hydrogen-bond acceptors (Lipinski definition) is 5. The molecule has 0 radical (unpaired) electrons. The third-order valence-electron chi connectivity index (χ3n) is 3.35. The first kappa shape index (κ1) is 18.8. The highest BCUT2D eigenvalue weighted by Gasteiger charge is 2.16. The molecule has 0 atom stereocenters. The fourth-order valence-electron chi connectivity index (χ4n) is 2.11. The van der Waals surface area contributed by atoms with Crippen molar-refractivity contribution in [1.29, 1.82) is 5.26 Å². The van der Waals surface area contributed by atoms with Crippen molar-refractivity contribution in [3.63, 3.8) is 0 Å². The number of benzene rings is 2. The van der Waals surface area contributed by atoms with Gasteiger partial charge in [-0.2, -0.15) is 5.26 Å². The van der Waals surface area contributed by atoms with Crippen molar-refractivity contribution in [2.24, 2.45) is 0 Å². The topological polar surface area (TPSA) is 125 Å². The van der Waals surface area contributed by atoms with Crippen LogP contribution in [0.3, 0.4) is 0 Å². The zero-order valence-electron chi connectivity index (χ0n) is 13.9. The Bertz CT molecular complexity index is 933. The third-order valence-corrected chi connectivity index (χ3v) is 3.66. The third kappa shape index (κ3) is 4.53. The Morgan fingerprint density at radius 3 is 2.46 bits per heavy atom. The fourth-order valence-corrected chi connectivity index (χ4v) is 2.35. The van der Waals surface area contributed by atoms with Crippen molar-refractivity contribution in [1.82, 2.24) is 0 Å². The van der Waals surface area contributed by atoms with Crippen LogP contribution in [0.1, 0.15) is 6.92 Å². The van der Waals surface area contributed by atoms with Crippen LogP contribution in [0.25, 0.3) is 0 Å². The maximum atomic E-state index is 12.4. The number of nitrogen functional groups attached to an aromatic ring is 2. The van der Waals surface area contributed by atoms with Gasteiger partial charge in [0, 0.05) is 24.5 Å². The van der Waals surface area contributed by atoms with Gasteiger partial charge in [-0.25, -0.2) is 0 Å². The number of nitrogens with zero attached hydrogens (tertiary/aromatic N) is 2. The van der Waals surface area contributed by atoms with E-state index in [1.807, 2.05) is 0 Å². The largest absolute Gasteiger partial charge is 0.399 e. The quantitative estimate of drug-likeness (QED) is 0.434. The fraction of sp³-hybridized carbons (Fsp3) is 0.0556. The van der Waals surface area contributed by atoms with Crippen molar-refractivity contribution < 1.29 is 9.59 Å². The zero-order chi connectivity index (χ0) is 19.3. The Morgan fingerprint density at radius 1 is 1.19 bits per heavy atom. The average molecular weight is 370 g/mol. The van der Waals surface area contributed by atoms with E-state index in [4.69, 9.17) is 23.1 Å². The summed E-state index contributed by atoms with van der Waals surface area (Å²) < 4.78 is 0. The van der Waals surface area contributed by atoms with E-state index in [0.29, 0.717) is 22.7 Å². The lowest BCUT2D eigenvalue weighted by Crippen LogP contribution is -2.25. The lowest BCUT2D eigenvalue weighted by atomic mass is 10.2. The molecule has 2 amide bonds. The van der Waals surface area contributed by atoms with Gasteiger partial charge in [0.2, 0.25) is 5.91 Å². The van der Waals surface area contributed by atoms with Crippen LogP contribution in [0.4, 0.5) is 22.7 Å². The van der Waals surface area contributed by atoms with E-state index < -0.39 is 5.91 Å². The van der Waals surface area contributed by atoms with Crippen molar-refractivity contribution in [3.05, 3.63) is 59.3 Å². The number of amides is 2. The first-order valence-electron chi connectivity index (χ1n) is 7.45. The van der Waals surface area contributed by atoms with Gasteiger partial charge < -0.3 is 16.8 Å². The lowest BCUT2D eigenvalue weighted by molar-refractivity contribution is -0.116. The number of rotatable bonds is 4. The number of hydrogen-bond donors (Lipinski definition) is 3. The molecule has 2 aromatic carbocycles. The lowest BCUT2D eigenvalue weighted by Gasteiger charge is -2.17. The molecule has 8 heteroatoms. The van der Waals surface area contributed by atoms with Crippen LogP contribution in [0.2, 0.25) is 5.02 Å². The van der Waals surface area contributed by atoms with Crippen molar-refractivity contribution >= 4 is 46.2 Å². The molecule has 0 spiro atoms. The highest BCUT2D eigenvalue weighted by Crippen LogP contribution is 2.25. The Hall–Kier alpha value is -3.50. The molecule has 0 aromatic heterocycles. The van der Waals surface area contributed by atoms with Crippen LogP contribution in [-0.4, -0.2) is 11.8 Å². The summed E-state index contributed by atoms with van der Waals surface area (Å²) in [7, 11) is 0. The second kappa shape index (κ2) is 8.05. The maximum absolute atomic E-state index is 12.4. The number of carbonyl (C=O) groups excluding carboxylic acids is 2. The predicted molar refractivity (Wildman–Crippen MR) is 102 cm³/mol. The van der Waals surface area contributed by atoms with E-state index in [9.17, 15) is 14.9 Å². The van der Waals surface area contributed by atoms with E-state index in [2.05, 4.69) is 5.32 Å². The molecule has 0 bridgehead atoms. The normalized spacial score (nSPS) is 10.7. The van der Waals surface area contributed by atoms with Crippen LogP contribution < -0.4 is 21.7 Å². The Morgan fingerprint density at radius 2 is 1.88 bits per heavy atom. The molecule has 26 heavy (non-hydrogen) atoms. The number of nitriles is 1. The van der Waals surface area contributed by atoms with Crippen LogP contribution in [0.15, 0.2) is 54.2 Å². The molecular weight excluding hydrogens is 354 g/mol. The Balaban J connectivity index is 2.33. The molecule has 0 heterocycles. The Kier molecular flexibility index (Phi) is 5.83. The van der Waals surface area contributed by atoms with Gasteiger partial charge in [-0.3, -0.25) is 14.5 Å². The molecular formula is C18H16ClN5O2. The molecule has 0 aliphatic heterocycles. The minimum Gasteiger partial charge on any atom is -0.399 e. The smallest absolute Gasteiger partial charge is 0.267 e. The molecule has 132 valence electrons. The average Bonchev–Trinajstić information content (AvgIpc) is 2.57. The summed E-state index contributed by atoms with van der Waals surface area (Å²) in [5, 5.41) is 12.1. The number of halogens is 1. The number of anilines is 4. The van der Waals surface area contributed by atoms with Gasteiger partial charge in [-0.05, 0) is 36.4 Å². The molecule has 2 rings (SSSR count). The summed E-state index contributed by atoms with van der Waals surface area (Å²) in [5.74, 6) is -1.10. The maximum Gasteiger partial charge on any atom is 0.267 e. The monoisotopic (exact) mass is 369 g/mol. The Labute approximate surface area is 155 Å². The molecule has 0 fully saturated rings. The second-order valence-corrected chi connectivity index (χ2v) is 5.74. The van der Waals surface area contributed by atoms with Crippen molar-refractivity contribution in [2.75, 3.05) is 21.7 Å². The minimum atomic E-state index is -0.714. The van der Waals surface area contributed by atoms with Crippen LogP contribution in [-0.2, 0) is 9.59 Å². The summed E-state index contributed by atoms with van der Waals surface area (Å²) in [6.07, 6.45) is 1.15. The minimum absolute atomic E-state index is 0.231. The first-order valence-corrected chi connectivity index (χ1v) is 7.83. The van der Waals surface area contributed by atoms with Gasteiger partial charge in [0.25, 0.3) is 5.91 Å². The van der Waals surface area contributed by atoms with Gasteiger partial charge in [0.05, 0.1) is 16.4 Å². The van der Waals surface area contributed by atoms with Crippen LogP contribution >= 0.6 is 11.6 Å². The highest BCUT2D eigenvalue weighted by atomic mass is 35.5. The molecule has 2 aromatic rings. The molecule has 5 N–H and O–H groups in total. The van der Waals surface area contributed by atoms with E-state index in [0.717, 1.165) is 6.20 Å². The van der Waals surface area contributed by atoms with Gasteiger partial charge in [0.15, 0.2) is 0 Å². The molecule has 0 aliphatic rings. The first-order chi connectivity index (χ1) is 12.3. The van der Waals surface area contributed by atoms with Gasteiger partial charge >= 0.3 is 0 Å². The van der Waals surface area contributed by atoms with Crippen molar-refractivity contribution in [2.45, 2.75) is 6.92 Å². The molecule has 0 saturated carbocycles. The summed E-state index contributed by atoms with van der Waals surface area (Å²) >= 11 is 6.02. The van der Waals surface area contributed by atoms with Gasteiger partial charge in [-0.15, -0.1) is 0 Å². The van der Waals surface area contributed by atoms with Crippen LogP contribution in [0.5, 0.6) is 0 Å². The molecule has 0 unspecified atom stereocenters. The zero-order valence-corrected chi connectivity index (χ0v) is 14.6. The van der Waals surface area contributed by atoms with E-state index in [-0.39, 0.29) is 16.5 Å². The molecule has 0 saturated heterocycles. The SMILES string of the molecule is CC(=O)N(/C=C(/C#N)C(=O)Nc1ccc(N)cc1Cl)c1cccc(N)c1. The second-order valence-electron chi connectivity index (χ2n) is 5.33. The molecule has 0 aliphatic carbocycles. The van der Waals surface area contributed by atoms with E-state index in [1.54, 1.807) is 36.4 Å². The number of carbonyl (C=O) groups is 2. The standard InChI is InChI=1S/C18H16ClN5O2/c1-11(25)24(15-4-2-3-13(21)7-15)10-12(9-20)18(26)23-17-6-5-14(22)8-16(17)19/h2-8,10H,21-22H2,1H3,(H,23,26)/b12-10-. The van der Waals surface area contributed by atoms with E-state index in [1.165, 1.54) is 24.0 Å². The van der Waals surface area contributed by atoms with E-state index >= 15 is 0 Å². The van der Waals surface area contributed by atoms with Gasteiger partial charge in [-0.1, -0.05) is 17.7 Å². The summed E-state index contributed by atoms with van der Waals surface area (Å²) in [5.41, 5.74) is 12.7. The summed E-state index contributed by atoms with van der Waals surface area (Å²) in [6.45, 7) is 1.31.